The van der Waals surface area contributed by atoms with Crippen molar-refractivity contribution in [1.82, 2.24) is 5.43 Å². The van der Waals surface area contributed by atoms with Crippen LogP contribution in [0.5, 0.6) is 0 Å². The molecule has 0 bridgehead atoms. The predicted octanol–water partition coefficient (Wildman–Crippen LogP) is 1.40. The minimum atomic E-state index is -1.05. The molecular weight excluding hydrogens is 292 g/mol. The predicted molar refractivity (Wildman–Crippen MR) is 77.7 cm³/mol. The summed E-state index contributed by atoms with van der Waals surface area (Å²) in [4.78, 5) is 32.2. The summed E-state index contributed by atoms with van der Waals surface area (Å²) >= 11 is 0. The molecule has 120 valence electrons. The highest BCUT2D eigenvalue weighted by Gasteiger charge is 2.16. The van der Waals surface area contributed by atoms with Crippen molar-refractivity contribution in [1.29, 1.82) is 0 Å². The third-order valence-electron chi connectivity index (χ3n) is 2.95. The van der Waals surface area contributed by atoms with Crippen molar-refractivity contribution in [2.45, 2.75) is 31.7 Å². The molecule has 0 saturated heterocycles. The van der Waals surface area contributed by atoms with Gasteiger partial charge in [-0.2, -0.15) is 0 Å². The molecule has 0 saturated carbocycles. The second-order valence-electron chi connectivity index (χ2n) is 4.68. The minimum absolute atomic E-state index is 0.0103. The van der Waals surface area contributed by atoms with Gasteiger partial charge in [-0.1, -0.05) is 6.42 Å². The van der Waals surface area contributed by atoms with Crippen LogP contribution in [-0.4, -0.2) is 39.3 Å². The molecule has 1 atom stereocenters. The second kappa shape index (κ2) is 8.63. The van der Waals surface area contributed by atoms with Gasteiger partial charge in [-0.3, -0.25) is 9.59 Å². The van der Waals surface area contributed by atoms with Gasteiger partial charge >= 0.3 is 17.9 Å². The van der Waals surface area contributed by atoms with Crippen LogP contribution in [0.3, 0.4) is 0 Å². The highest BCUT2D eigenvalue weighted by atomic mass is 16.4. The lowest BCUT2D eigenvalue weighted by molar-refractivity contribution is -0.139. The van der Waals surface area contributed by atoms with Gasteiger partial charge in [0.25, 0.3) is 0 Å². The maximum Gasteiger partial charge on any atom is 0.335 e. The lowest BCUT2D eigenvalue weighted by Crippen LogP contribution is -2.40. The molecule has 0 heterocycles. The number of anilines is 1. The SMILES string of the molecule is O=C(O)CCCCC(NNc1ccc(C(=O)O)cc1)C(=O)O. The summed E-state index contributed by atoms with van der Waals surface area (Å²) in [6, 6.07) is 4.96. The number of unbranched alkanes of at least 4 members (excludes halogenated alkanes) is 1. The Balaban J connectivity index is 2.44. The Bertz CT molecular complexity index is 529. The zero-order valence-corrected chi connectivity index (χ0v) is 11.8. The second-order valence-corrected chi connectivity index (χ2v) is 4.68. The fourth-order valence-corrected chi connectivity index (χ4v) is 1.75. The molecule has 1 aromatic carbocycles. The van der Waals surface area contributed by atoms with Crippen LogP contribution in [0.2, 0.25) is 0 Å². The van der Waals surface area contributed by atoms with Crippen LogP contribution in [0.25, 0.3) is 0 Å². The Morgan fingerprint density at radius 1 is 1.00 bits per heavy atom. The number of rotatable bonds is 10. The Morgan fingerprint density at radius 3 is 2.14 bits per heavy atom. The molecule has 1 rings (SSSR count). The van der Waals surface area contributed by atoms with Crippen LogP contribution in [-0.2, 0) is 9.59 Å². The Morgan fingerprint density at radius 2 is 1.64 bits per heavy atom. The van der Waals surface area contributed by atoms with E-state index in [2.05, 4.69) is 10.9 Å². The van der Waals surface area contributed by atoms with Gasteiger partial charge in [-0.05, 0) is 37.1 Å². The Hall–Kier alpha value is -2.61. The number of carboxylic acid groups (broad SMARTS) is 3. The van der Waals surface area contributed by atoms with E-state index in [0.29, 0.717) is 18.5 Å². The monoisotopic (exact) mass is 310 g/mol. The number of hydrogen-bond acceptors (Lipinski definition) is 5. The van der Waals surface area contributed by atoms with E-state index in [9.17, 15) is 14.4 Å². The number of aliphatic carboxylic acids is 2. The zero-order valence-electron chi connectivity index (χ0n) is 11.8. The molecule has 1 aromatic rings. The van der Waals surface area contributed by atoms with Gasteiger partial charge in [-0.15, -0.1) is 0 Å². The quantitative estimate of drug-likeness (QED) is 0.323. The Kier molecular flexibility index (Phi) is 6.84. The van der Waals surface area contributed by atoms with E-state index < -0.39 is 23.9 Å². The van der Waals surface area contributed by atoms with Gasteiger partial charge in [0.15, 0.2) is 0 Å². The van der Waals surface area contributed by atoms with E-state index in [0.717, 1.165) is 0 Å². The van der Waals surface area contributed by atoms with Crippen LogP contribution in [0.4, 0.5) is 5.69 Å². The lowest BCUT2D eigenvalue weighted by atomic mass is 10.1. The summed E-state index contributed by atoms with van der Waals surface area (Å²) in [5, 5.41) is 26.4. The van der Waals surface area contributed by atoms with Gasteiger partial charge in [0.1, 0.15) is 6.04 Å². The van der Waals surface area contributed by atoms with Crippen molar-refractivity contribution in [3.8, 4) is 0 Å². The number of carbonyl (C=O) groups is 3. The largest absolute Gasteiger partial charge is 0.481 e. The fraction of sp³-hybridized carbons (Fsp3) is 0.357. The third-order valence-corrected chi connectivity index (χ3v) is 2.95. The first-order chi connectivity index (χ1) is 10.4. The molecule has 1 unspecified atom stereocenters. The van der Waals surface area contributed by atoms with Gasteiger partial charge in [0.05, 0.1) is 5.56 Å². The number of benzene rings is 1. The molecule has 0 aromatic heterocycles. The van der Waals surface area contributed by atoms with E-state index in [1.807, 2.05) is 0 Å². The highest BCUT2D eigenvalue weighted by Crippen LogP contribution is 2.10. The van der Waals surface area contributed by atoms with Crippen LogP contribution in [0.15, 0.2) is 24.3 Å². The summed E-state index contributed by atoms with van der Waals surface area (Å²) < 4.78 is 0. The van der Waals surface area contributed by atoms with Crippen LogP contribution < -0.4 is 10.9 Å². The molecule has 22 heavy (non-hydrogen) atoms. The van der Waals surface area contributed by atoms with E-state index >= 15 is 0 Å². The first-order valence-corrected chi connectivity index (χ1v) is 6.69. The fourth-order valence-electron chi connectivity index (χ4n) is 1.75. The van der Waals surface area contributed by atoms with Crippen LogP contribution in [0.1, 0.15) is 36.0 Å². The van der Waals surface area contributed by atoms with Gasteiger partial charge < -0.3 is 20.7 Å². The topological polar surface area (TPSA) is 136 Å². The smallest absolute Gasteiger partial charge is 0.335 e. The maximum atomic E-state index is 11.1. The molecule has 0 aliphatic rings. The number of aromatic carboxylic acids is 1. The van der Waals surface area contributed by atoms with E-state index in [-0.39, 0.29) is 18.4 Å². The van der Waals surface area contributed by atoms with E-state index in [1.165, 1.54) is 24.3 Å². The van der Waals surface area contributed by atoms with Gasteiger partial charge in [-0.25, -0.2) is 10.2 Å². The molecule has 0 fully saturated rings. The van der Waals surface area contributed by atoms with Crippen LogP contribution in [0, 0.1) is 0 Å². The van der Waals surface area contributed by atoms with Crippen molar-refractivity contribution in [3.63, 3.8) is 0 Å². The summed E-state index contributed by atoms with van der Waals surface area (Å²) in [5.41, 5.74) is 5.99. The van der Waals surface area contributed by atoms with Gasteiger partial charge in [0, 0.05) is 12.1 Å². The van der Waals surface area contributed by atoms with Crippen molar-refractivity contribution in [2.75, 3.05) is 5.43 Å². The Labute approximate surface area is 126 Å². The summed E-state index contributed by atoms with van der Waals surface area (Å²) in [6.45, 7) is 0. The average molecular weight is 310 g/mol. The number of carboxylic acids is 3. The summed E-state index contributed by atoms with van der Waals surface area (Å²) in [7, 11) is 0. The third kappa shape index (κ3) is 6.23. The minimum Gasteiger partial charge on any atom is -0.481 e. The molecule has 0 radical (unpaired) electrons. The standard InChI is InChI=1S/C14H18N2O6/c17-12(18)4-2-1-3-11(14(21)22)16-15-10-7-5-9(6-8-10)13(19)20/h5-8,11,15-16H,1-4H2,(H,17,18)(H,19,20)(H,21,22). The highest BCUT2D eigenvalue weighted by molar-refractivity contribution is 5.88. The first kappa shape index (κ1) is 17.4. The van der Waals surface area contributed by atoms with Crippen molar-refractivity contribution < 1.29 is 29.7 Å². The molecular formula is C14H18N2O6. The summed E-state index contributed by atoms with van der Waals surface area (Å²) in [6.07, 6.45) is 1.17. The number of hydrogen-bond donors (Lipinski definition) is 5. The molecule has 5 N–H and O–H groups in total. The molecule has 8 heteroatoms. The molecule has 0 aliphatic carbocycles. The maximum absolute atomic E-state index is 11.1. The average Bonchev–Trinajstić information content (AvgIpc) is 2.46. The molecule has 8 nitrogen and oxygen atoms in total. The molecule has 0 spiro atoms. The van der Waals surface area contributed by atoms with E-state index in [4.69, 9.17) is 15.3 Å². The number of hydrazine groups is 1. The zero-order chi connectivity index (χ0) is 16.5. The normalized spacial score (nSPS) is 11.6. The summed E-state index contributed by atoms with van der Waals surface area (Å²) in [5.74, 6) is -3.00. The van der Waals surface area contributed by atoms with E-state index in [1.54, 1.807) is 0 Å². The van der Waals surface area contributed by atoms with Crippen LogP contribution >= 0.6 is 0 Å². The lowest BCUT2D eigenvalue weighted by Gasteiger charge is -2.16. The molecule has 0 amide bonds. The number of nitrogens with one attached hydrogen (secondary N) is 2. The van der Waals surface area contributed by atoms with Crippen molar-refractivity contribution >= 4 is 23.6 Å². The van der Waals surface area contributed by atoms with Crippen molar-refractivity contribution in [2.24, 2.45) is 0 Å². The first-order valence-electron chi connectivity index (χ1n) is 6.69. The van der Waals surface area contributed by atoms with Gasteiger partial charge in [0.2, 0.25) is 0 Å². The molecule has 0 aliphatic heterocycles. The van der Waals surface area contributed by atoms with Crippen molar-refractivity contribution in [3.05, 3.63) is 29.8 Å².